The van der Waals surface area contributed by atoms with E-state index < -0.39 is 5.79 Å². The van der Waals surface area contributed by atoms with Crippen molar-refractivity contribution < 1.29 is 13.9 Å². The highest BCUT2D eigenvalue weighted by Crippen LogP contribution is 2.52. The maximum Gasteiger partial charge on any atom is 0.504 e. The minimum absolute atomic E-state index is 0.679. The molecule has 4 aromatic heterocycles. The van der Waals surface area contributed by atoms with Gasteiger partial charge in [0.1, 0.15) is 5.69 Å². The number of benzene rings is 2. The Morgan fingerprint density at radius 2 is 1.91 bits per heavy atom. The summed E-state index contributed by atoms with van der Waals surface area (Å²) >= 11 is 0. The van der Waals surface area contributed by atoms with E-state index in [0.29, 0.717) is 0 Å². The molecule has 0 bridgehead atoms. The van der Waals surface area contributed by atoms with E-state index >= 15 is 0 Å². The van der Waals surface area contributed by atoms with E-state index in [1.807, 2.05) is 18.3 Å². The first-order valence-corrected chi connectivity index (χ1v) is 10.8. The highest BCUT2D eigenvalue weighted by Gasteiger charge is 2.71. The molecule has 9 rings (SSSR count). The molecule has 7 heterocycles. The standard InChI is InChI=1S/C26H15N5O/c1-14-13-19-18-7-2-8-21-30(18)26(31(19)28-14)23-20(32-21)10-9-17-22(23)25-16(6-4-12-29(25)26)15-5-3-11-27-24(15)17/h2-13H,1H3/q+2. The van der Waals surface area contributed by atoms with Gasteiger partial charge in [-0.1, -0.05) is 10.6 Å². The lowest BCUT2D eigenvalue weighted by atomic mass is 9.96. The molecule has 0 saturated heterocycles. The van der Waals surface area contributed by atoms with Crippen molar-refractivity contribution in [2.24, 2.45) is 0 Å². The lowest BCUT2D eigenvalue weighted by Crippen LogP contribution is -2.75. The number of nitrogens with zero attached hydrogens (tertiary/aromatic N) is 5. The monoisotopic (exact) mass is 413 g/mol. The molecule has 3 aliphatic heterocycles. The van der Waals surface area contributed by atoms with Crippen LogP contribution >= 0.6 is 0 Å². The predicted molar refractivity (Wildman–Crippen MR) is 117 cm³/mol. The second-order valence-electron chi connectivity index (χ2n) is 8.81. The summed E-state index contributed by atoms with van der Waals surface area (Å²) in [6, 6.07) is 21.2. The molecule has 0 aliphatic carbocycles. The highest BCUT2D eigenvalue weighted by atomic mass is 16.5. The van der Waals surface area contributed by atoms with Crippen molar-refractivity contribution in [1.29, 1.82) is 0 Å². The fraction of sp³-hybridized carbons (Fsp3) is 0.0769. The third kappa shape index (κ3) is 1.35. The third-order valence-corrected chi connectivity index (χ3v) is 7.29. The second-order valence-corrected chi connectivity index (χ2v) is 8.81. The van der Waals surface area contributed by atoms with Gasteiger partial charge in [0.25, 0.3) is 0 Å². The molecule has 6 nitrogen and oxygen atoms in total. The Bertz CT molecular complexity index is 1890. The molecule has 148 valence electrons. The summed E-state index contributed by atoms with van der Waals surface area (Å²) in [4.78, 5) is 4.80. The van der Waals surface area contributed by atoms with Crippen molar-refractivity contribution in [2.45, 2.75) is 12.7 Å². The first-order valence-electron chi connectivity index (χ1n) is 10.8. The van der Waals surface area contributed by atoms with Crippen LogP contribution in [0.1, 0.15) is 11.3 Å². The molecule has 0 amide bonds. The number of aromatic nitrogens is 5. The number of fused-ring (bicyclic) bond motifs is 5. The second kappa shape index (κ2) is 4.62. The first-order chi connectivity index (χ1) is 15.8. The third-order valence-electron chi connectivity index (χ3n) is 7.29. The Kier molecular flexibility index (Phi) is 2.24. The van der Waals surface area contributed by atoms with Gasteiger partial charge in [0.15, 0.2) is 17.5 Å². The molecular formula is C26H15N5O+2. The molecule has 6 aromatic rings. The minimum Gasteiger partial charge on any atom is -0.404 e. The molecule has 1 unspecified atom stereocenters. The number of pyridine rings is 3. The Morgan fingerprint density at radius 3 is 2.88 bits per heavy atom. The van der Waals surface area contributed by atoms with Gasteiger partial charge in [0.2, 0.25) is 11.2 Å². The van der Waals surface area contributed by atoms with Crippen LogP contribution in [0, 0.1) is 6.92 Å². The summed E-state index contributed by atoms with van der Waals surface area (Å²) in [7, 11) is 0. The van der Waals surface area contributed by atoms with Crippen LogP contribution in [0.4, 0.5) is 0 Å². The predicted octanol–water partition coefficient (Wildman–Crippen LogP) is 3.78. The van der Waals surface area contributed by atoms with E-state index in [9.17, 15) is 0 Å². The zero-order valence-electron chi connectivity index (χ0n) is 17.1. The Labute approximate surface area is 181 Å². The van der Waals surface area contributed by atoms with E-state index in [2.05, 4.69) is 75.5 Å². The van der Waals surface area contributed by atoms with Crippen LogP contribution in [0.15, 0.2) is 73.1 Å². The lowest BCUT2D eigenvalue weighted by molar-refractivity contribution is -0.969. The molecule has 32 heavy (non-hydrogen) atoms. The normalized spacial score (nSPS) is 18.5. The van der Waals surface area contributed by atoms with Crippen molar-refractivity contribution in [3.63, 3.8) is 0 Å². The SMILES string of the molecule is Cc1cc2n(n1)C13c4c(ccc5c6ncccc6c6ccc[n+]1c6c45)Oc1cccc-2[n+]13. The smallest absolute Gasteiger partial charge is 0.404 e. The number of hydrogen-bond donors (Lipinski definition) is 0. The molecule has 1 spiro atoms. The fourth-order valence-electron chi connectivity index (χ4n) is 6.29. The van der Waals surface area contributed by atoms with Gasteiger partial charge in [-0.15, -0.1) is 9.25 Å². The number of rotatable bonds is 0. The van der Waals surface area contributed by atoms with E-state index in [-0.39, 0.29) is 0 Å². The fourth-order valence-corrected chi connectivity index (χ4v) is 6.29. The molecule has 0 radical (unpaired) electrons. The first kappa shape index (κ1) is 15.5. The van der Waals surface area contributed by atoms with Gasteiger partial charge in [-0.3, -0.25) is 4.98 Å². The highest BCUT2D eigenvalue weighted by molar-refractivity contribution is 6.24. The number of hydrogen-bond acceptors (Lipinski definition) is 3. The van der Waals surface area contributed by atoms with Gasteiger partial charge in [-0.05, 0) is 43.3 Å². The van der Waals surface area contributed by atoms with Gasteiger partial charge >= 0.3 is 11.7 Å². The number of aryl methyl sites for hydroxylation is 1. The average molecular weight is 413 g/mol. The van der Waals surface area contributed by atoms with Gasteiger partial charge in [-0.2, -0.15) is 5.10 Å². The molecule has 0 saturated carbocycles. The lowest BCUT2D eigenvalue weighted by Gasteiger charge is -2.23. The zero-order chi connectivity index (χ0) is 20.8. The summed E-state index contributed by atoms with van der Waals surface area (Å²) in [6.07, 6.45) is 4.06. The van der Waals surface area contributed by atoms with Crippen molar-refractivity contribution in [3.8, 4) is 23.0 Å². The van der Waals surface area contributed by atoms with Crippen LogP contribution < -0.4 is 13.9 Å². The van der Waals surface area contributed by atoms with Gasteiger partial charge in [0.05, 0.1) is 28.0 Å². The van der Waals surface area contributed by atoms with Crippen LogP contribution in [0.5, 0.6) is 11.6 Å². The summed E-state index contributed by atoms with van der Waals surface area (Å²) in [5.74, 6) is 1.01. The molecule has 0 N–H and O–H groups in total. The van der Waals surface area contributed by atoms with Crippen molar-refractivity contribution >= 4 is 32.6 Å². The summed E-state index contributed by atoms with van der Waals surface area (Å²) < 4.78 is 13.4. The maximum atomic E-state index is 6.51. The molecule has 1 atom stereocenters. The van der Waals surface area contributed by atoms with E-state index in [0.717, 1.165) is 50.6 Å². The zero-order valence-corrected chi connectivity index (χ0v) is 17.1. The topological polar surface area (TPSA) is 47.7 Å². The van der Waals surface area contributed by atoms with Crippen molar-refractivity contribution in [1.82, 2.24) is 14.8 Å². The molecule has 3 aliphatic rings. The molecule has 6 heteroatoms. The quantitative estimate of drug-likeness (QED) is 0.281. The van der Waals surface area contributed by atoms with Crippen LogP contribution in [0.3, 0.4) is 0 Å². The van der Waals surface area contributed by atoms with Crippen LogP contribution in [-0.4, -0.2) is 14.8 Å². The van der Waals surface area contributed by atoms with Crippen LogP contribution in [-0.2, 0) is 5.79 Å². The van der Waals surface area contributed by atoms with Gasteiger partial charge < -0.3 is 4.74 Å². The maximum absolute atomic E-state index is 6.51. The van der Waals surface area contributed by atoms with E-state index in [4.69, 9.17) is 14.8 Å². The number of ether oxygens (including phenoxy) is 1. The Morgan fingerprint density at radius 1 is 0.969 bits per heavy atom. The van der Waals surface area contributed by atoms with Crippen LogP contribution in [0.2, 0.25) is 0 Å². The molecular weight excluding hydrogens is 398 g/mol. The summed E-state index contributed by atoms with van der Waals surface area (Å²) in [5.41, 5.74) is 6.54. The summed E-state index contributed by atoms with van der Waals surface area (Å²) in [5, 5.41) is 9.73. The van der Waals surface area contributed by atoms with Crippen molar-refractivity contribution in [3.05, 3.63) is 84.3 Å². The molecule has 0 fully saturated rings. The van der Waals surface area contributed by atoms with Gasteiger partial charge in [0, 0.05) is 29.1 Å². The average Bonchev–Trinajstić information content (AvgIpc) is 3.45. The Balaban J connectivity index is 1.66. The molecule has 2 aromatic carbocycles. The summed E-state index contributed by atoms with van der Waals surface area (Å²) in [6.45, 7) is 2.06. The van der Waals surface area contributed by atoms with Gasteiger partial charge in [-0.25, -0.2) is 0 Å². The van der Waals surface area contributed by atoms with Crippen LogP contribution in [0.25, 0.3) is 44.0 Å². The largest absolute Gasteiger partial charge is 0.504 e. The minimum atomic E-state index is -0.679. The van der Waals surface area contributed by atoms with E-state index in [1.54, 1.807) is 0 Å². The Hall–Kier alpha value is -4.32. The van der Waals surface area contributed by atoms with E-state index in [1.165, 1.54) is 16.3 Å². The van der Waals surface area contributed by atoms with Crippen molar-refractivity contribution in [2.75, 3.05) is 0 Å².